The molecule has 2 heterocycles. The van der Waals surface area contributed by atoms with Gasteiger partial charge in [0, 0.05) is 25.5 Å². The lowest BCUT2D eigenvalue weighted by Gasteiger charge is -2.31. The minimum Gasteiger partial charge on any atom is -0.481 e. The van der Waals surface area contributed by atoms with Gasteiger partial charge >= 0.3 is 5.97 Å². The number of hydrogen-bond donors (Lipinski definition) is 2. The molecule has 0 aromatic carbocycles. The predicted octanol–water partition coefficient (Wildman–Crippen LogP) is 0.275. The number of carboxylic acids is 1. The molecule has 1 amide bonds. The van der Waals surface area contributed by atoms with Crippen LogP contribution in [0.5, 0.6) is 0 Å². The summed E-state index contributed by atoms with van der Waals surface area (Å²) < 4.78 is 0. The van der Waals surface area contributed by atoms with Gasteiger partial charge in [-0.3, -0.25) is 14.6 Å². The van der Waals surface area contributed by atoms with E-state index in [0.29, 0.717) is 32.4 Å². The van der Waals surface area contributed by atoms with Crippen molar-refractivity contribution in [3.8, 4) is 0 Å². The Morgan fingerprint density at radius 3 is 2.70 bits per heavy atom. The summed E-state index contributed by atoms with van der Waals surface area (Å²) >= 11 is 0. The number of carboxylic acid groups (broad SMARTS) is 1. The van der Waals surface area contributed by atoms with Crippen LogP contribution in [0.2, 0.25) is 0 Å². The second-order valence-electron chi connectivity index (χ2n) is 5.11. The summed E-state index contributed by atoms with van der Waals surface area (Å²) in [7, 11) is 0. The van der Waals surface area contributed by atoms with Crippen molar-refractivity contribution < 1.29 is 14.7 Å². The smallest absolute Gasteiger partial charge is 0.306 e. The van der Waals surface area contributed by atoms with Gasteiger partial charge in [-0.1, -0.05) is 6.07 Å². The first-order valence-electron chi connectivity index (χ1n) is 6.74. The monoisotopic (exact) mass is 277 g/mol. The predicted molar refractivity (Wildman–Crippen MR) is 72.9 cm³/mol. The van der Waals surface area contributed by atoms with Crippen molar-refractivity contribution in [2.75, 3.05) is 13.1 Å². The van der Waals surface area contributed by atoms with E-state index in [0.717, 1.165) is 5.56 Å². The maximum atomic E-state index is 12.2. The number of rotatable bonds is 4. The molecule has 20 heavy (non-hydrogen) atoms. The lowest BCUT2D eigenvalue weighted by Crippen LogP contribution is -2.48. The molecule has 0 bridgehead atoms. The van der Waals surface area contributed by atoms with Gasteiger partial charge in [0.2, 0.25) is 5.91 Å². The van der Waals surface area contributed by atoms with Gasteiger partial charge < -0.3 is 15.7 Å². The van der Waals surface area contributed by atoms with Gasteiger partial charge in [-0.2, -0.15) is 0 Å². The van der Waals surface area contributed by atoms with Gasteiger partial charge in [-0.15, -0.1) is 0 Å². The van der Waals surface area contributed by atoms with Crippen LogP contribution in [0, 0.1) is 5.92 Å². The third kappa shape index (κ3) is 3.54. The van der Waals surface area contributed by atoms with Crippen molar-refractivity contribution in [1.82, 2.24) is 9.88 Å². The van der Waals surface area contributed by atoms with Crippen molar-refractivity contribution in [2.45, 2.75) is 25.3 Å². The van der Waals surface area contributed by atoms with Gasteiger partial charge in [-0.25, -0.2) is 0 Å². The minimum absolute atomic E-state index is 0.113. The van der Waals surface area contributed by atoms with Crippen LogP contribution in [0.25, 0.3) is 0 Å². The molecule has 2 rings (SSSR count). The van der Waals surface area contributed by atoms with Gasteiger partial charge in [0.15, 0.2) is 0 Å². The molecule has 0 saturated carbocycles. The Bertz CT molecular complexity index is 470. The second kappa shape index (κ2) is 6.47. The molecule has 1 aromatic heterocycles. The number of piperidine rings is 1. The van der Waals surface area contributed by atoms with E-state index in [1.165, 1.54) is 0 Å². The number of aliphatic carboxylic acids is 1. The quantitative estimate of drug-likeness (QED) is 0.823. The van der Waals surface area contributed by atoms with Crippen LogP contribution in [-0.2, 0) is 16.0 Å². The van der Waals surface area contributed by atoms with E-state index >= 15 is 0 Å². The van der Waals surface area contributed by atoms with E-state index in [1.54, 1.807) is 17.3 Å². The zero-order valence-electron chi connectivity index (χ0n) is 11.2. The van der Waals surface area contributed by atoms with Crippen molar-refractivity contribution in [1.29, 1.82) is 0 Å². The van der Waals surface area contributed by atoms with Gasteiger partial charge in [-0.05, 0) is 30.9 Å². The second-order valence-corrected chi connectivity index (χ2v) is 5.11. The van der Waals surface area contributed by atoms with Crippen LogP contribution >= 0.6 is 0 Å². The molecular weight excluding hydrogens is 258 g/mol. The lowest BCUT2D eigenvalue weighted by atomic mass is 9.96. The molecule has 1 aliphatic heterocycles. The normalized spacial score (nSPS) is 17.8. The number of nitrogens with zero attached hydrogens (tertiary/aromatic N) is 2. The first-order valence-corrected chi connectivity index (χ1v) is 6.74. The fraction of sp³-hybridized carbons (Fsp3) is 0.500. The third-order valence-corrected chi connectivity index (χ3v) is 3.65. The number of pyridine rings is 1. The first kappa shape index (κ1) is 14.5. The average Bonchev–Trinajstić information content (AvgIpc) is 2.47. The van der Waals surface area contributed by atoms with Gasteiger partial charge in [0.05, 0.1) is 12.0 Å². The Hall–Kier alpha value is -1.95. The highest BCUT2D eigenvalue weighted by molar-refractivity contribution is 5.82. The van der Waals surface area contributed by atoms with Crippen LogP contribution in [-0.4, -0.2) is 46.0 Å². The molecule has 0 spiro atoms. The molecule has 6 nitrogen and oxygen atoms in total. The summed E-state index contributed by atoms with van der Waals surface area (Å²) in [5, 5.41) is 8.93. The summed E-state index contributed by atoms with van der Waals surface area (Å²) in [4.78, 5) is 28.7. The molecule has 1 saturated heterocycles. The van der Waals surface area contributed by atoms with E-state index in [1.807, 2.05) is 12.1 Å². The van der Waals surface area contributed by atoms with Crippen molar-refractivity contribution in [3.63, 3.8) is 0 Å². The van der Waals surface area contributed by atoms with Crippen molar-refractivity contribution >= 4 is 11.9 Å². The fourth-order valence-electron chi connectivity index (χ4n) is 2.44. The molecule has 0 radical (unpaired) electrons. The number of likely N-dealkylation sites (tertiary alicyclic amines) is 1. The summed E-state index contributed by atoms with van der Waals surface area (Å²) in [6.07, 6.45) is 4.82. The number of aromatic nitrogens is 1. The first-order chi connectivity index (χ1) is 9.58. The van der Waals surface area contributed by atoms with Crippen LogP contribution in [0.4, 0.5) is 0 Å². The molecular formula is C14H19N3O3. The van der Waals surface area contributed by atoms with Crippen molar-refractivity contribution in [3.05, 3.63) is 30.1 Å². The number of amides is 1. The number of carbonyl (C=O) groups is 2. The fourth-order valence-corrected chi connectivity index (χ4v) is 2.44. The Morgan fingerprint density at radius 1 is 1.45 bits per heavy atom. The molecule has 1 atom stereocenters. The molecule has 108 valence electrons. The molecule has 6 heteroatoms. The van der Waals surface area contributed by atoms with E-state index < -0.39 is 12.0 Å². The maximum absolute atomic E-state index is 12.2. The Labute approximate surface area is 117 Å². The zero-order valence-corrected chi connectivity index (χ0v) is 11.2. The standard InChI is InChI=1S/C14H19N3O3/c15-12(8-10-2-1-5-16-9-10)13(18)17-6-3-11(4-7-17)14(19)20/h1-2,5,9,11-12H,3-4,6-8,15H2,(H,19,20)/t12-/m0/s1. The van der Waals surface area contributed by atoms with Gasteiger partial charge in [0.25, 0.3) is 0 Å². The Morgan fingerprint density at radius 2 is 2.15 bits per heavy atom. The molecule has 0 aliphatic carbocycles. The molecule has 1 aliphatic rings. The van der Waals surface area contributed by atoms with Crippen LogP contribution in [0.1, 0.15) is 18.4 Å². The summed E-state index contributed by atoms with van der Waals surface area (Å²) in [5.74, 6) is -1.23. The van der Waals surface area contributed by atoms with E-state index in [-0.39, 0.29) is 11.8 Å². The Balaban J connectivity index is 1.87. The molecule has 3 N–H and O–H groups in total. The Kier molecular flexibility index (Phi) is 4.68. The largest absolute Gasteiger partial charge is 0.481 e. The number of hydrogen-bond acceptors (Lipinski definition) is 4. The van der Waals surface area contributed by atoms with Crippen molar-refractivity contribution in [2.24, 2.45) is 11.7 Å². The minimum atomic E-state index is -0.781. The summed E-state index contributed by atoms with van der Waals surface area (Å²) in [6, 6.07) is 3.10. The SMILES string of the molecule is N[C@@H](Cc1cccnc1)C(=O)N1CCC(C(=O)O)CC1. The summed E-state index contributed by atoms with van der Waals surface area (Å²) in [5.41, 5.74) is 6.86. The maximum Gasteiger partial charge on any atom is 0.306 e. The van der Waals surface area contributed by atoms with Crippen LogP contribution in [0.3, 0.4) is 0 Å². The van der Waals surface area contributed by atoms with Crippen LogP contribution in [0.15, 0.2) is 24.5 Å². The zero-order chi connectivity index (χ0) is 14.5. The van der Waals surface area contributed by atoms with Crippen LogP contribution < -0.4 is 5.73 Å². The number of nitrogens with two attached hydrogens (primary N) is 1. The highest BCUT2D eigenvalue weighted by atomic mass is 16.4. The third-order valence-electron chi connectivity index (χ3n) is 3.65. The lowest BCUT2D eigenvalue weighted by molar-refractivity contribution is -0.146. The highest BCUT2D eigenvalue weighted by Crippen LogP contribution is 2.18. The van der Waals surface area contributed by atoms with E-state index in [2.05, 4.69) is 4.98 Å². The topological polar surface area (TPSA) is 96.5 Å². The number of carbonyl (C=O) groups excluding carboxylic acids is 1. The average molecular weight is 277 g/mol. The van der Waals surface area contributed by atoms with E-state index in [9.17, 15) is 9.59 Å². The van der Waals surface area contributed by atoms with E-state index in [4.69, 9.17) is 10.8 Å². The molecule has 1 aromatic rings. The molecule has 0 unspecified atom stereocenters. The van der Waals surface area contributed by atoms with Gasteiger partial charge in [0.1, 0.15) is 0 Å². The highest BCUT2D eigenvalue weighted by Gasteiger charge is 2.29. The molecule has 1 fully saturated rings. The summed E-state index contributed by atoms with van der Waals surface area (Å²) in [6.45, 7) is 0.938.